The van der Waals surface area contributed by atoms with Gasteiger partial charge in [0.15, 0.2) is 0 Å². The van der Waals surface area contributed by atoms with Gasteiger partial charge < -0.3 is 4.90 Å². The van der Waals surface area contributed by atoms with E-state index in [1.165, 1.54) is 6.42 Å². The predicted molar refractivity (Wildman–Crippen MR) is 62.5 cm³/mol. The minimum Gasteiger partial charge on any atom is -0.356 e. The molecule has 14 heavy (non-hydrogen) atoms. The van der Waals surface area contributed by atoms with Gasteiger partial charge in [0.25, 0.3) is 0 Å². The van der Waals surface area contributed by atoms with Crippen molar-refractivity contribution in [3.8, 4) is 0 Å². The van der Waals surface area contributed by atoms with E-state index in [4.69, 9.17) is 0 Å². The number of aromatic nitrogens is 1. The molecule has 0 spiro atoms. The summed E-state index contributed by atoms with van der Waals surface area (Å²) in [6.07, 6.45) is 1.25. The van der Waals surface area contributed by atoms with Crippen molar-refractivity contribution < 1.29 is 0 Å². The van der Waals surface area contributed by atoms with Crippen LogP contribution in [0.15, 0.2) is 22.8 Å². The summed E-state index contributed by atoms with van der Waals surface area (Å²) in [7, 11) is 0. The molecule has 0 atom stereocenters. The van der Waals surface area contributed by atoms with Crippen molar-refractivity contribution in [2.75, 3.05) is 18.0 Å². The molecule has 0 aromatic carbocycles. The first-order valence-electron chi connectivity index (χ1n) is 4.94. The van der Waals surface area contributed by atoms with Gasteiger partial charge in [-0.3, -0.25) is 0 Å². The number of halogens is 1. The lowest BCUT2D eigenvalue weighted by atomic mass is 9.93. The van der Waals surface area contributed by atoms with E-state index in [-0.39, 0.29) is 0 Å². The molecule has 1 aromatic heterocycles. The van der Waals surface area contributed by atoms with Crippen LogP contribution in [0, 0.1) is 5.41 Å². The minimum atomic E-state index is 0.435. The standard InChI is InChI=1S/C11H15BrN2/c1-11(2)6-7-14(8-11)10-5-3-4-9(12)13-10/h3-5H,6-8H2,1-2H3. The lowest BCUT2D eigenvalue weighted by Crippen LogP contribution is -2.23. The molecule has 1 saturated heterocycles. The SMILES string of the molecule is CC1(C)CCN(c2cccc(Br)n2)C1. The fourth-order valence-electron chi connectivity index (χ4n) is 1.88. The smallest absolute Gasteiger partial charge is 0.129 e. The van der Waals surface area contributed by atoms with Crippen LogP contribution in [0.4, 0.5) is 5.82 Å². The van der Waals surface area contributed by atoms with Crippen LogP contribution >= 0.6 is 15.9 Å². The van der Waals surface area contributed by atoms with Crippen LogP contribution in [0.1, 0.15) is 20.3 Å². The summed E-state index contributed by atoms with van der Waals surface area (Å²) in [5.41, 5.74) is 0.435. The van der Waals surface area contributed by atoms with E-state index in [2.05, 4.69) is 45.7 Å². The molecular weight excluding hydrogens is 240 g/mol. The van der Waals surface area contributed by atoms with Gasteiger partial charge in [-0.05, 0) is 39.9 Å². The molecule has 2 heterocycles. The van der Waals surface area contributed by atoms with Gasteiger partial charge in [0.1, 0.15) is 10.4 Å². The Labute approximate surface area is 93.5 Å². The highest BCUT2D eigenvalue weighted by Gasteiger charge is 2.29. The van der Waals surface area contributed by atoms with Crippen LogP contribution in [0.5, 0.6) is 0 Å². The number of hydrogen-bond donors (Lipinski definition) is 0. The van der Waals surface area contributed by atoms with Gasteiger partial charge in [-0.1, -0.05) is 19.9 Å². The molecule has 0 saturated carbocycles. The molecule has 76 valence electrons. The lowest BCUT2D eigenvalue weighted by Gasteiger charge is -2.20. The van der Waals surface area contributed by atoms with Crippen molar-refractivity contribution in [1.82, 2.24) is 4.98 Å². The van der Waals surface area contributed by atoms with E-state index in [1.807, 2.05) is 12.1 Å². The third kappa shape index (κ3) is 2.08. The Bertz CT molecular complexity index is 336. The summed E-state index contributed by atoms with van der Waals surface area (Å²) in [5.74, 6) is 1.09. The maximum Gasteiger partial charge on any atom is 0.129 e. The Morgan fingerprint density at radius 3 is 2.79 bits per heavy atom. The first-order chi connectivity index (χ1) is 6.57. The van der Waals surface area contributed by atoms with Crippen LogP contribution in [-0.2, 0) is 0 Å². The maximum atomic E-state index is 4.46. The zero-order chi connectivity index (χ0) is 10.2. The molecule has 0 aliphatic carbocycles. The van der Waals surface area contributed by atoms with Crippen molar-refractivity contribution in [1.29, 1.82) is 0 Å². The second kappa shape index (κ2) is 3.54. The molecule has 1 aliphatic heterocycles. The molecule has 0 N–H and O–H groups in total. The number of nitrogens with zero attached hydrogens (tertiary/aromatic N) is 2. The summed E-state index contributed by atoms with van der Waals surface area (Å²) >= 11 is 3.40. The highest BCUT2D eigenvalue weighted by Crippen LogP contribution is 2.31. The number of rotatable bonds is 1. The van der Waals surface area contributed by atoms with Gasteiger partial charge in [-0.2, -0.15) is 0 Å². The second-order valence-corrected chi connectivity index (χ2v) is 5.47. The Balaban J connectivity index is 2.17. The summed E-state index contributed by atoms with van der Waals surface area (Å²) in [4.78, 5) is 6.82. The first-order valence-corrected chi connectivity index (χ1v) is 5.74. The number of hydrogen-bond acceptors (Lipinski definition) is 2. The largest absolute Gasteiger partial charge is 0.356 e. The van der Waals surface area contributed by atoms with Gasteiger partial charge in [0.2, 0.25) is 0 Å². The van der Waals surface area contributed by atoms with Crippen molar-refractivity contribution in [3.05, 3.63) is 22.8 Å². The number of anilines is 1. The van der Waals surface area contributed by atoms with E-state index in [1.54, 1.807) is 0 Å². The highest BCUT2D eigenvalue weighted by molar-refractivity contribution is 9.10. The van der Waals surface area contributed by atoms with Gasteiger partial charge in [-0.15, -0.1) is 0 Å². The molecule has 1 aromatic rings. The van der Waals surface area contributed by atoms with Crippen LogP contribution in [0.3, 0.4) is 0 Å². The van der Waals surface area contributed by atoms with Crippen LogP contribution in [0.2, 0.25) is 0 Å². The van der Waals surface area contributed by atoms with Crippen molar-refractivity contribution >= 4 is 21.7 Å². The van der Waals surface area contributed by atoms with E-state index in [0.29, 0.717) is 5.41 Å². The topological polar surface area (TPSA) is 16.1 Å². The molecule has 0 amide bonds. The van der Waals surface area contributed by atoms with Gasteiger partial charge in [0.05, 0.1) is 0 Å². The van der Waals surface area contributed by atoms with Crippen LogP contribution < -0.4 is 4.90 Å². The van der Waals surface area contributed by atoms with E-state index < -0.39 is 0 Å². The predicted octanol–water partition coefficient (Wildman–Crippen LogP) is 3.08. The summed E-state index contributed by atoms with van der Waals surface area (Å²) < 4.78 is 0.916. The average molecular weight is 255 g/mol. The molecule has 0 bridgehead atoms. The minimum absolute atomic E-state index is 0.435. The van der Waals surface area contributed by atoms with Crippen molar-refractivity contribution in [2.24, 2.45) is 5.41 Å². The quantitative estimate of drug-likeness (QED) is 0.717. The van der Waals surface area contributed by atoms with E-state index in [9.17, 15) is 0 Å². The Kier molecular flexibility index (Phi) is 2.52. The van der Waals surface area contributed by atoms with E-state index in [0.717, 1.165) is 23.5 Å². The fourth-order valence-corrected chi connectivity index (χ4v) is 2.22. The van der Waals surface area contributed by atoms with Crippen LogP contribution in [-0.4, -0.2) is 18.1 Å². The van der Waals surface area contributed by atoms with Gasteiger partial charge in [-0.25, -0.2) is 4.98 Å². The zero-order valence-corrected chi connectivity index (χ0v) is 10.2. The summed E-state index contributed by atoms with van der Waals surface area (Å²) in [6, 6.07) is 6.08. The van der Waals surface area contributed by atoms with E-state index >= 15 is 0 Å². The lowest BCUT2D eigenvalue weighted by molar-refractivity contribution is 0.418. The van der Waals surface area contributed by atoms with Crippen molar-refractivity contribution in [2.45, 2.75) is 20.3 Å². The molecule has 1 fully saturated rings. The zero-order valence-electron chi connectivity index (χ0n) is 8.63. The Hall–Kier alpha value is -0.570. The third-order valence-electron chi connectivity index (χ3n) is 2.70. The maximum absolute atomic E-state index is 4.46. The van der Waals surface area contributed by atoms with Gasteiger partial charge in [0, 0.05) is 13.1 Å². The molecule has 3 heteroatoms. The summed E-state index contributed by atoms with van der Waals surface area (Å²) in [6.45, 7) is 6.85. The highest BCUT2D eigenvalue weighted by atomic mass is 79.9. The molecule has 0 radical (unpaired) electrons. The van der Waals surface area contributed by atoms with Crippen molar-refractivity contribution in [3.63, 3.8) is 0 Å². The second-order valence-electron chi connectivity index (χ2n) is 4.65. The molecule has 1 aliphatic rings. The van der Waals surface area contributed by atoms with Gasteiger partial charge >= 0.3 is 0 Å². The monoisotopic (exact) mass is 254 g/mol. The normalized spacial score (nSPS) is 20.1. The fraction of sp³-hybridized carbons (Fsp3) is 0.545. The number of pyridine rings is 1. The van der Waals surface area contributed by atoms with Crippen LogP contribution in [0.25, 0.3) is 0 Å². The molecule has 2 nitrogen and oxygen atoms in total. The molecular formula is C11H15BrN2. The Morgan fingerprint density at radius 2 is 2.21 bits per heavy atom. The molecule has 0 unspecified atom stereocenters. The summed E-state index contributed by atoms with van der Waals surface area (Å²) in [5, 5.41) is 0. The average Bonchev–Trinajstić information content (AvgIpc) is 2.46. The third-order valence-corrected chi connectivity index (χ3v) is 3.14. The molecule has 2 rings (SSSR count). The first kappa shape index (κ1) is 9.97. The Morgan fingerprint density at radius 1 is 1.43 bits per heavy atom.